The molecule has 96 valence electrons. The molecule has 2 heterocycles. The number of fused-ring (bicyclic) bond motifs is 1. The maximum absolute atomic E-state index is 10.4. The van der Waals surface area contributed by atoms with E-state index in [0.29, 0.717) is 21.1 Å². The molecule has 1 aromatic carbocycles. The molecular formula is C13H8BrClN2OS. The fraction of sp³-hybridized carbons (Fsp3) is 0.0769. The maximum atomic E-state index is 10.4. The molecule has 0 aliphatic heterocycles. The van der Waals surface area contributed by atoms with Crippen LogP contribution >= 0.6 is 38.9 Å². The summed E-state index contributed by atoms with van der Waals surface area (Å²) in [6, 6.07) is 7.27. The van der Waals surface area contributed by atoms with E-state index in [-0.39, 0.29) is 0 Å². The topological polar surface area (TPSA) is 46.0 Å². The maximum Gasteiger partial charge on any atom is 0.133 e. The molecule has 3 aromatic rings. The first kappa shape index (κ1) is 13.0. The highest BCUT2D eigenvalue weighted by atomic mass is 79.9. The Bertz CT molecular complexity index is 746. The van der Waals surface area contributed by atoms with Gasteiger partial charge in [-0.05, 0) is 34.1 Å². The van der Waals surface area contributed by atoms with Crippen molar-refractivity contribution in [3.63, 3.8) is 0 Å². The van der Waals surface area contributed by atoms with Gasteiger partial charge in [-0.1, -0.05) is 17.7 Å². The quantitative estimate of drug-likeness (QED) is 0.750. The molecule has 0 aliphatic rings. The Balaban J connectivity index is 2.18. The van der Waals surface area contributed by atoms with Gasteiger partial charge >= 0.3 is 0 Å². The fourth-order valence-corrected chi connectivity index (χ4v) is 3.39. The molecule has 0 spiro atoms. The molecule has 0 saturated heterocycles. The highest BCUT2D eigenvalue weighted by Crippen LogP contribution is 2.33. The number of nitrogens with zero attached hydrogens (tertiary/aromatic N) is 2. The molecule has 3 rings (SSSR count). The number of rotatable bonds is 2. The SMILES string of the molecule is OC(c1nc(Br)cs1)c1ccc(Cl)c2cccnc12. The van der Waals surface area contributed by atoms with E-state index >= 15 is 0 Å². The second-order valence-corrected chi connectivity index (χ2v) is 6.06. The number of halogens is 2. The van der Waals surface area contributed by atoms with Gasteiger partial charge in [-0.3, -0.25) is 4.98 Å². The molecule has 1 atom stereocenters. The smallest absolute Gasteiger partial charge is 0.133 e. The van der Waals surface area contributed by atoms with Crippen LogP contribution in [0.5, 0.6) is 0 Å². The first-order chi connectivity index (χ1) is 9.16. The molecule has 2 aromatic heterocycles. The van der Waals surface area contributed by atoms with Crippen molar-refractivity contribution in [1.82, 2.24) is 9.97 Å². The molecule has 6 heteroatoms. The average Bonchev–Trinajstić information content (AvgIpc) is 2.86. The molecule has 19 heavy (non-hydrogen) atoms. The zero-order valence-corrected chi connectivity index (χ0v) is 12.7. The van der Waals surface area contributed by atoms with Crippen LogP contribution in [0.1, 0.15) is 16.7 Å². The molecule has 1 N–H and O–H groups in total. The second kappa shape index (κ2) is 5.17. The molecule has 3 nitrogen and oxygen atoms in total. The lowest BCUT2D eigenvalue weighted by Gasteiger charge is -2.11. The number of aliphatic hydroxyl groups is 1. The molecule has 0 radical (unpaired) electrons. The number of hydrogen-bond donors (Lipinski definition) is 1. The lowest BCUT2D eigenvalue weighted by molar-refractivity contribution is 0.221. The number of benzene rings is 1. The van der Waals surface area contributed by atoms with Crippen molar-refractivity contribution in [2.45, 2.75) is 6.10 Å². The summed E-state index contributed by atoms with van der Waals surface area (Å²) in [5.74, 6) is 0. The van der Waals surface area contributed by atoms with Crippen LogP contribution in [0.25, 0.3) is 10.9 Å². The third-order valence-electron chi connectivity index (χ3n) is 2.77. The van der Waals surface area contributed by atoms with Crippen molar-refractivity contribution in [3.05, 3.63) is 56.0 Å². The molecule has 0 aliphatic carbocycles. The lowest BCUT2D eigenvalue weighted by Crippen LogP contribution is -2.01. The first-order valence-corrected chi connectivity index (χ1v) is 7.54. The summed E-state index contributed by atoms with van der Waals surface area (Å²) in [5.41, 5.74) is 1.41. The minimum Gasteiger partial charge on any atom is -0.381 e. The van der Waals surface area contributed by atoms with Gasteiger partial charge in [0.1, 0.15) is 15.7 Å². The van der Waals surface area contributed by atoms with Gasteiger partial charge < -0.3 is 5.11 Å². The predicted molar refractivity (Wildman–Crippen MR) is 80.6 cm³/mol. The van der Waals surface area contributed by atoms with E-state index in [9.17, 15) is 5.11 Å². The Kier molecular flexibility index (Phi) is 3.54. The Morgan fingerprint density at radius 3 is 2.89 bits per heavy atom. The average molecular weight is 356 g/mol. The summed E-state index contributed by atoms with van der Waals surface area (Å²) >= 11 is 10.8. The van der Waals surface area contributed by atoms with Gasteiger partial charge in [0.25, 0.3) is 0 Å². The van der Waals surface area contributed by atoms with E-state index in [4.69, 9.17) is 11.6 Å². The summed E-state index contributed by atoms with van der Waals surface area (Å²) < 4.78 is 0.720. The van der Waals surface area contributed by atoms with E-state index in [1.54, 1.807) is 18.3 Å². The van der Waals surface area contributed by atoms with Gasteiger partial charge in [-0.15, -0.1) is 11.3 Å². The third-order valence-corrected chi connectivity index (χ3v) is 4.71. The third kappa shape index (κ3) is 2.39. The molecule has 1 unspecified atom stereocenters. The predicted octanol–water partition coefficient (Wildman–Crippen LogP) is 4.19. The van der Waals surface area contributed by atoms with Crippen LogP contribution in [-0.4, -0.2) is 15.1 Å². The molecule has 0 amide bonds. The van der Waals surface area contributed by atoms with Crippen LogP contribution in [0.15, 0.2) is 40.4 Å². The minimum absolute atomic E-state index is 0.624. The lowest BCUT2D eigenvalue weighted by atomic mass is 10.1. The summed E-state index contributed by atoms with van der Waals surface area (Å²) in [4.78, 5) is 8.56. The van der Waals surface area contributed by atoms with Crippen LogP contribution < -0.4 is 0 Å². The summed E-state index contributed by atoms with van der Waals surface area (Å²) in [7, 11) is 0. The fourth-order valence-electron chi connectivity index (χ4n) is 1.91. The van der Waals surface area contributed by atoms with E-state index in [1.165, 1.54) is 11.3 Å². The van der Waals surface area contributed by atoms with Crippen molar-refractivity contribution >= 4 is 49.8 Å². The Morgan fingerprint density at radius 2 is 2.16 bits per heavy atom. The van der Waals surface area contributed by atoms with Crippen molar-refractivity contribution in [1.29, 1.82) is 0 Å². The monoisotopic (exact) mass is 354 g/mol. The number of pyridine rings is 1. The second-order valence-electron chi connectivity index (χ2n) is 3.95. The van der Waals surface area contributed by atoms with Crippen molar-refractivity contribution < 1.29 is 5.11 Å². The van der Waals surface area contributed by atoms with Crippen LogP contribution in [0, 0.1) is 0 Å². The number of hydrogen-bond acceptors (Lipinski definition) is 4. The Labute approximate surface area is 127 Å². The normalized spacial score (nSPS) is 12.8. The van der Waals surface area contributed by atoms with E-state index < -0.39 is 6.10 Å². The Morgan fingerprint density at radius 1 is 1.32 bits per heavy atom. The van der Waals surface area contributed by atoms with Gasteiger partial charge in [0.05, 0.1) is 5.52 Å². The summed E-state index contributed by atoms with van der Waals surface area (Å²) in [6.45, 7) is 0. The van der Waals surface area contributed by atoms with Gasteiger partial charge in [-0.2, -0.15) is 0 Å². The molecule has 0 bridgehead atoms. The minimum atomic E-state index is -0.800. The van der Waals surface area contributed by atoms with Gasteiger partial charge in [0.2, 0.25) is 0 Å². The van der Waals surface area contributed by atoms with E-state index in [1.807, 2.05) is 17.5 Å². The summed E-state index contributed by atoms with van der Waals surface area (Å²) in [6.07, 6.45) is 0.887. The number of thiazole rings is 1. The van der Waals surface area contributed by atoms with Crippen molar-refractivity contribution in [2.75, 3.05) is 0 Å². The highest BCUT2D eigenvalue weighted by Gasteiger charge is 2.18. The largest absolute Gasteiger partial charge is 0.381 e. The highest BCUT2D eigenvalue weighted by molar-refractivity contribution is 9.10. The number of aliphatic hydroxyl groups excluding tert-OH is 1. The first-order valence-electron chi connectivity index (χ1n) is 5.49. The van der Waals surface area contributed by atoms with Crippen LogP contribution in [0.4, 0.5) is 0 Å². The molecule has 0 saturated carbocycles. The van der Waals surface area contributed by atoms with E-state index in [2.05, 4.69) is 25.9 Å². The molecule has 0 fully saturated rings. The molecular weight excluding hydrogens is 348 g/mol. The van der Waals surface area contributed by atoms with Crippen LogP contribution in [0.3, 0.4) is 0 Å². The standard InChI is InChI=1S/C13H8BrClN2OS/c14-10-6-19-13(17-10)12(18)8-3-4-9(15)7-2-1-5-16-11(7)8/h1-6,12,18H. The van der Waals surface area contributed by atoms with Crippen molar-refractivity contribution in [2.24, 2.45) is 0 Å². The summed E-state index contributed by atoms with van der Waals surface area (Å²) in [5, 5.41) is 14.4. The van der Waals surface area contributed by atoms with Crippen LogP contribution in [0.2, 0.25) is 5.02 Å². The zero-order valence-electron chi connectivity index (χ0n) is 9.55. The van der Waals surface area contributed by atoms with Crippen molar-refractivity contribution in [3.8, 4) is 0 Å². The van der Waals surface area contributed by atoms with Gasteiger partial charge in [0.15, 0.2) is 0 Å². The Hall–Kier alpha value is -1.01. The van der Waals surface area contributed by atoms with Gasteiger partial charge in [0, 0.05) is 27.5 Å². The van der Waals surface area contributed by atoms with E-state index in [0.717, 1.165) is 9.99 Å². The van der Waals surface area contributed by atoms with Gasteiger partial charge in [-0.25, -0.2) is 4.98 Å². The van der Waals surface area contributed by atoms with Crippen LogP contribution in [-0.2, 0) is 0 Å². The number of aromatic nitrogens is 2. The zero-order chi connectivity index (χ0) is 13.4.